The molecule has 0 amide bonds. The molecule has 15 rings (SSSR count). The summed E-state index contributed by atoms with van der Waals surface area (Å²) < 4.78 is 65.9. The summed E-state index contributed by atoms with van der Waals surface area (Å²) in [6, 6.07) is 42.6. The molecule has 0 spiro atoms. The summed E-state index contributed by atoms with van der Waals surface area (Å²) in [6.45, 7) is 56.3. The summed E-state index contributed by atoms with van der Waals surface area (Å²) in [7, 11) is 0. The largest absolute Gasteiger partial charge is 0.478 e. The standard InChI is InChI=1S/C27H30N2O2.C21H31N5O2.C20H22F3N3O2.C20H26N4O2.C18H18N2O2/c1-16-9-11-23(12-10-16)15-20(5)31-27-22(7)21(6)24(28-8)26(30)29(27)25-18(3)13-17(2)14-19(25)4;1-6-7-8-9-10-11-12-24-19-18(16(4)17(5)20(24)27)21(28)26(23-19)25-15(3)13-14(2)22-25;1-9(2)26-19(28)14-15(20(21,22)23)13(6)18(27)25(17(14)24-26)16-11(4)7-10(3)8-12(16)5;1-6-13(4)11-23-18-17(20(26)24(22-18)12(2)3)16(14(5)19(23)25)15-9-7-8-10-21-15;1-3-22-18-14(2)17(21)19(15-10-6-4-7-11-15)20(18)16-12-8-5-9-13-16/h9-14,20H,15H2,1-7H3;13,23H,6-12H2,1-5H3;7-9,24H,1-6H3;7-10,12-13,22H,6,11H2,1-5H3;4-13H,3H2,1-2H3. The molecular weight excluding hydrogens is 1710 g/mol. The van der Waals surface area contributed by atoms with E-state index in [1.807, 2.05) is 192 Å². The molecule has 3 N–H and O–H groups in total. The van der Waals surface area contributed by atoms with Crippen LogP contribution in [0.1, 0.15) is 220 Å². The van der Waals surface area contributed by atoms with Crippen LogP contribution in [0.25, 0.3) is 72.0 Å². The van der Waals surface area contributed by atoms with Gasteiger partial charge in [-0.3, -0.25) is 76.9 Å². The first-order chi connectivity index (χ1) is 64.0. The van der Waals surface area contributed by atoms with Gasteiger partial charge >= 0.3 is 6.18 Å². The summed E-state index contributed by atoms with van der Waals surface area (Å²) in [5, 5.41) is 14.1. The summed E-state index contributed by atoms with van der Waals surface area (Å²) in [5.74, 6) is 1.44. The number of hydrogen-bond donors (Lipinski definition) is 3. The predicted molar refractivity (Wildman–Crippen MR) is 534 cm³/mol. The van der Waals surface area contributed by atoms with Crippen LogP contribution in [0.3, 0.4) is 0 Å². The first kappa shape index (κ1) is 101. The zero-order valence-corrected chi connectivity index (χ0v) is 82.4. The second-order valence-electron chi connectivity index (χ2n) is 36.0. The highest BCUT2D eigenvalue weighted by atomic mass is 19.4. The number of nitrogens with zero attached hydrogens (tertiary/aromatic N) is 13. The van der Waals surface area contributed by atoms with Crippen LogP contribution in [0.5, 0.6) is 11.8 Å². The van der Waals surface area contributed by atoms with Gasteiger partial charge in [0.25, 0.3) is 50.2 Å². The van der Waals surface area contributed by atoms with Gasteiger partial charge in [0.15, 0.2) is 0 Å². The number of rotatable bonds is 24. The van der Waals surface area contributed by atoms with Gasteiger partial charge in [-0.15, -0.1) is 4.79 Å². The fourth-order valence-corrected chi connectivity index (χ4v) is 17.6. The summed E-state index contributed by atoms with van der Waals surface area (Å²) >= 11 is 0. The molecule has 15 aromatic rings. The van der Waals surface area contributed by atoms with Crippen molar-refractivity contribution in [3.8, 4) is 45.8 Å². The van der Waals surface area contributed by atoms with Crippen molar-refractivity contribution in [2.45, 2.75) is 262 Å². The Hall–Kier alpha value is -14.0. The number of unbranched alkanes of at least 4 members (excludes halogenated alkanes) is 5. The van der Waals surface area contributed by atoms with Gasteiger partial charge in [0, 0.05) is 65.6 Å². The van der Waals surface area contributed by atoms with Crippen molar-refractivity contribution >= 4 is 38.8 Å². The van der Waals surface area contributed by atoms with Gasteiger partial charge < -0.3 is 9.47 Å². The molecule has 712 valence electrons. The van der Waals surface area contributed by atoms with E-state index in [1.54, 1.807) is 82.5 Å². The number of nitrogens with one attached hydrogen (secondary N) is 3. The van der Waals surface area contributed by atoms with Gasteiger partial charge in [0.1, 0.15) is 23.0 Å². The molecule has 0 bridgehead atoms. The predicted octanol–water partition coefficient (Wildman–Crippen LogP) is 21.0. The van der Waals surface area contributed by atoms with Crippen LogP contribution in [-0.4, -0.2) is 84.7 Å². The molecule has 0 fully saturated rings. The molecule has 26 nitrogen and oxygen atoms in total. The number of hydrogen-bond acceptors (Lipinski definition) is 12. The number of aryl methyl sites for hydroxylation is 11. The number of fused-ring (bicyclic) bond motifs is 3. The Bertz CT molecular complexity index is 7390. The van der Waals surface area contributed by atoms with Crippen molar-refractivity contribution in [3.05, 3.63) is 334 Å². The average Bonchev–Trinajstić information content (AvgIpc) is 1.59. The minimum atomic E-state index is -4.83. The van der Waals surface area contributed by atoms with E-state index in [-0.39, 0.29) is 56.8 Å². The van der Waals surface area contributed by atoms with Gasteiger partial charge in [0.2, 0.25) is 11.8 Å². The van der Waals surface area contributed by atoms with Crippen LogP contribution >= 0.6 is 0 Å². The highest BCUT2D eigenvalue weighted by Crippen LogP contribution is 2.38. The number of aromatic amines is 3. The van der Waals surface area contributed by atoms with Gasteiger partial charge in [-0.05, 0) is 246 Å². The summed E-state index contributed by atoms with van der Waals surface area (Å²) in [6.07, 6.45) is 5.30. The quantitative estimate of drug-likeness (QED) is 0.0376. The van der Waals surface area contributed by atoms with Crippen LogP contribution < -0.4 is 53.9 Å². The molecule has 135 heavy (non-hydrogen) atoms. The van der Waals surface area contributed by atoms with Gasteiger partial charge in [-0.1, -0.05) is 167 Å². The third-order valence-corrected chi connectivity index (χ3v) is 24.7. The van der Waals surface area contributed by atoms with Crippen molar-refractivity contribution in [2.75, 3.05) is 6.61 Å². The maximum atomic E-state index is 13.8. The zero-order valence-electron chi connectivity index (χ0n) is 82.4. The lowest BCUT2D eigenvalue weighted by Gasteiger charge is -2.24. The highest BCUT2D eigenvalue weighted by Gasteiger charge is 2.40. The number of para-hydroxylation sites is 2. The Kier molecular flexibility index (Phi) is 32.2. The molecule has 2 unspecified atom stereocenters. The molecule has 0 saturated carbocycles. The SMILES string of the molecule is CCC(C)Cn1c(=O)c(C)c(-c2ccccn2)c2c(=O)n(C(C)C)[nH]c21.CCCCCCCCn1c(=O)c(C)c(C)c2c(=O)n(-n3nc(C)cc3C)[nH]c21.CCOc1c(C)c(=O)n(-c2ccccc2)n1-c1ccccc1.Cc1cc(C)c(-n2c(=O)c(C)c(C(F)(F)F)c3c(=O)n(C(C)C)[nH]c32)c(C)c1.[C-]#[N+]c1c(C)c(C)c(OC(C)Cc2ccc(C)cc2)n(-c2c(C)cc(C)cc2C)c1=O. The maximum absolute atomic E-state index is 13.8. The summed E-state index contributed by atoms with van der Waals surface area (Å²) in [4.78, 5) is 115. The molecule has 10 heterocycles. The maximum Gasteiger partial charge on any atom is 0.417 e. The van der Waals surface area contributed by atoms with Crippen molar-refractivity contribution in [1.82, 2.24) is 72.0 Å². The average molecular weight is 1840 g/mol. The van der Waals surface area contributed by atoms with E-state index in [2.05, 4.69) is 94.3 Å². The topological polar surface area (TPSA) is 282 Å². The number of ether oxygens (including phenoxy) is 2. The van der Waals surface area contributed by atoms with Crippen LogP contribution in [0.15, 0.2) is 178 Å². The number of aromatic nitrogens is 15. The first-order valence-electron chi connectivity index (χ1n) is 46.2. The number of H-pyrrole nitrogens is 3. The number of alkyl halides is 3. The zero-order chi connectivity index (χ0) is 99.0. The molecule has 2 atom stereocenters. The third-order valence-electron chi connectivity index (χ3n) is 24.7. The Morgan fingerprint density at radius 2 is 0.993 bits per heavy atom. The van der Waals surface area contributed by atoms with Gasteiger partial charge in [-0.2, -0.15) is 23.1 Å². The molecule has 0 aliphatic heterocycles. The van der Waals surface area contributed by atoms with E-state index in [0.717, 1.165) is 110 Å². The second kappa shape index (κ2) is 42.9. The minimum absolute atomic E-state index is 0.0275. The Balaban J connectivity index is 0.000000163. The fourth-order valence-electron chi connectivity index (χ4n) is 17.6. The smallest absolute Gasteiger partial charge is 0.417 e. The van der Waals surface area contributed by atoms with E-state index in [1.165, 1.54) is 46.2 Å². The molecule has 29 heteroatoms. The van der Waals surface area contributed by atoms with E-state index < -0.39 is 39.8 Å². The van der Waals surface area contributed by atoms with Crippen molar-refractivity contribution in [3.63, 3.8) is 0 Å². The molecule has 0 saturated heterocycles. The lowest BCUT2D eigenvalue weighted by molar-refractivity contribution is -0.136. The monoisotopic (exact) mass is 1840 g/mol. The molecule has 0 aliphatic rings. The van der Waals surface area contributed by atoms with Crippen molar-refractivity contribution in [2.24, 2.45) is 5.92 Å². The highest BCUT2D eigenvalue weighted by molar-refractivity contribution is 5.93. The van der Waals surface area contributed by atoms with Gasteiger partial charge in [0.05, 0.1) is 80.3 Å². The van der Waals surface area contributed by atoms with E-state index in [0.29, 0.717) is 98.6 Å². The van der Waals surface area contributed by atoms with E-state index in [9.17, 15) is 51.5 Å². The van der Waals surface area contributed by atoms with E-state index >= 15 is 0 Å². The first-order valence-corrected chi connectivity index (χ1v) is 46.2. The summed E-state index contributed by atoms with van der Waals surface area (Å²) in [5.41, 5.74) is 15.0. The number of halogens is 3. The van der Waals surface area contributed by atoms with Crippen LogP contribution in [0.2, 0.25) is 0 Å². The minimum Gasteiger partial charge on any atom is -0.478 e. The molecule has 10 aromatic heterocycles. The third kappa shape index (κ3) is 21.1. The Labute approximate surface area is 783 Å². The molecule has 0 aliphatic carbocycles. The lowest BCUT2D eigenvalue weighted by atomic mass is 10.0. The Morgan fingerprint density at radius 3 is 1.51 bits per heavy atom. The molecule has 5 aromatic carbocycles. The molecular formula is C106H127F3N16O10. The van der Waals surface area contributed by atoms with Crippen LogP contribution in [0, 0.1) is 123 Å². The van der Waals surface area contributed by atoms with Crippen LogP contribution in [0.4, 0.5) is 18.9 Å². The molecule has 0 radical (unpaired) electrons. The lowest BCUT2D eigenvalue weighted by Crippen LogP contribution is -2.28. The van der Waals surface area contributed by atoms with Crippen LogP contribution in [-0.2, 0) is 25.7 Å². The van der Waals surface area contributed by atoms with Crippen molar-refractivity contribution in [1.29, 1.82) is 0 Å². The van der Waals surface area contributed by atoms with Gasteiger partial charge in [-0.25, -0.2) is 23.6 Å². The normalized spacial score (nSPS) is 11.9. The number of pyridine rings is 5. The van der Waals surface area contributed by atoms with Crippen molar-refractivity contribution < 1.29 is 22.6 Å². The second-order valence-corrected chi connectivity index (χ2v) is 36.0. The van der Waals surface area contributed by atoms with E-state index in [4.69, 9.17) is 16.0 Å². The Morgan fingerprint density at radius 1 is 0.467 bits per heavy atom. The number of benzene rings is 5. The fraction of sp³-hybridized carbons (Fsp3) is 0.387.